The van der Waals surface area contributed by atoms with Gasteiger partial charge < -0.3 is 5.32 Å². The number of aromatic nitrogens is 1. The first-order valence-corrected chi connectivity index (χ1v) is 6.29. The van der Waals surface area contributed by atoms with E-state index < -0.39 is 29.2 Å². The molecule has 0 aliphatic carbocycles. The van der Waals surface area contributed by atoms with Crippen LogP contribution in [-0.4, -0.2) is 11.0 Å². The maximum atomic E-state index is 13.3. The first-order valence-electron chi connectivity index (χ1n) is 6.29. The Kier molecular flexibility index (Phi) is 5.57. The van der Waals surface area contributed by atoms with Crippen LogP contribution in [0, 0.1) is 29.4 Å². The minimum absolute atomic E-state index is 0.288. The zero-order chi connectivity index (χ0) is 14.6. The molecule has 0 saturated heterocycles. The van der Waals surface area contributed by atoms with Crippen LogP contribution in [0.1, 0.15) is 40.0 Å². The number of rotatable bonds is 6. The molecule has 1 rings (SSSR count). The summed E-state index contributed by atoms with van der Waals surface area (Å²) in [7, 11) is 0. The van der Waals surface area contributed by atoms with E-state index >= 15 is 0 Å². The molecule has 0 radical (unpaired) electrons. The Labute approximate surface area is 110 Å². The molecule has 0 aliphatic heterocycles. The van der Waals surface area contributed by atoms with Crippen molar-refractivity contribution >= 4 is 5.69 Å². The largest absolute Gasteiger partial charge is 0.378 e. The standard InChI is InChI=1S/C13H18F4N2/c1-7(2)5-4-6-8(3)18-11-9(14)12(16)19-13(17)10(11)15/h7-8H,4-6H2,1-3H3,(H,18,19). The molecule has 1 aromatic heterocycles. The van der Waals surface area contributed by atoms with Gasteiger partial charge in [-0.2, -0.15) is 22.5 Å². The molecule has 0 bridgehead atoms. The molecule has 1 aromatic rings. The molecular formula is C13H18F4N2. The normalized spacial score (nSPS) is 12.8. The van der Waals surface area contributed by atoms with E-state index in [0.717, 1.165) is 12.8 Å². The van der Waals surface area contributed by atoms with Gasteiger partial charge in [0.1, 0.15) is 5.69 Å². The van der Waals surface area contributed by atoms with Crippen molar-refractivity contribution in [2.75, 3.05) is 5.32 Å². The number of hydrogen-bond donors (Lipinski definition) is 1. The van der Waals surface area contributed by atoms with Crippen LogP contribution in [0.4, 0.5) is 23.2 Å². The van der Waals surface area contributed by atoms with Crippen LogP contribution in [0.3, 0.4) is 0 Å². The molecule has 1 N–H and O–H groups in total. The van der Waals surface area contributed by atoms with Crippen molar-refractivity contribution in [1.29, 1.82) is 0 Å². The molecular weight excluding hydrogens is 260 g/mol. The van der Waals surface area contributed by atoms with Gasteiger partial charge in [0.15, 0.2) is 0 Å². The van der Waals surface area contributed by atoms with Crippen molar-refractivity contribution in [1.82, 2.24) is 4.98 Å². The molecule has 1 unspecified atom stereocenters. The molecule has 0 saturated carbocycles. The molecule has 1 heterocycles. The Morgan fingerprint density at radius 3 is 1.95 bits per heavy atom. The summed E-state index contributed by atoms with van der Waals surface area (Å²) in [5.41, 5.74) is -0.790. The van der Waals surface area contributed by atoms with Crippen LogP contribution >= 0.6 is 0 Å². The van der Waals surface area contributed by atoms with Crippen LogP contribution in [0.15, 0.2) is 0 Å². The second kappa shape index (κ2) is 6.73. The molecule has 0 aliphatic rings. The predicted molar refractivity (Wildman–Crippen MR) is 65.8 cm³/mol. The van der Waals surface area contributed by atoms with Crippen molar-refractivity contribution < 1.29 is 17.6 Å². The van der Waals surface area contributed by atoms with Gasteiger partial charge in [0.2, 0.25) is 11.6 Å². The topological polar surface area (TPSA) is 24.9 Å². The lowest BCUT2D eigenvalue weighted by Gasteiger charge is -2.17. The molecule has 2 nitrogen and oxygen atoms in total. The minimum atomic E-state index is -1.64. The molecule has 6 heteroatoms. The predicted octanol–water partition coefficient (Wildman–Crippen LogP) is 4.26. The van der Waals surface area contributed by atoms with E-state index in [-0.39, 0.29) is 6.04 Å². The SMILES string of the molecule is CC(C)CCCC(C)Nc1c(F)c(F)nc(F)c1F. The van der Waals surface area contributed by atoms with Crippen molar-refractivity contribution in [3.63, 3.8) is 0 Å². The summed E-state index contributed by atoms with van der Waals surface area (Å²) in [6, 6.07) is -0.288. The molecule has 0 aromatic carbocycles. The van der Waals surface area contributed by atoms with Gasteiger partial charge in [-0.1, -0.05) is 26.7 Å². The van der Waals surface area contributed by atoms with E-state index in [4.69, 9.17) is 0 Å². The van der Waals surface area contributed by atoms with E-state index in [2.05, 4.69) is 24.1 Å². The highest BCUT2D eigenvalue weighted by atomic mass is 19.2. The van der Waals surface area contributed by atoms with Gasteiger partial charge in [0.05, 0.1) is 0 Å². The summed E-state index contributed by atoms with van der Waals surface area (Å²) < 4.78 is 52.5. The Morgan fingerprint density at radius 2 is 1.47 bits per heavy atom. The highest BCUT2D eigenvalue weighted by Crippen LogP contribution is 2.23. The molecule has 0 amide bonds. The lowest BCUT2D eigenvalue weighted by Crippen LogP contribution is -2.19. The maximum absolute atomic E-state index is 13.3. The average Bonchev–Trinajstić information content (AvgIpc) is 2.32. The zero-order valence-electron chi connectivity index (χ0n) is 11.2. The fourth-order valence-corrected chi connectivity index (χ4v) is 1.76. The summed E-state index contributed by atoms with van der Waals surface area (Å²) in [5.74, 6) is -5.73. The van der Waals surface area contributed by atoms with Gasteiger partial charge in [0.25, 0.3) is 11.9 Å². The van der Waals surface area contributed by atoms with Gasteiger partial charge in [-0.3, -0.25) is 0 Å². The summed E-state index contributed by atoms with van der Waals surface area (Å²) in [5, 5.41) is 2.46. The second-order valence-electron chi connectivity index (χ2n) is 5.07. The molecule has 1 atom stereocenters. The van der Waals surface area contributed by atoms with E-state index in [1.54, 1.807) is 6.92 Å². The van der Waals surface area contributed by atoms with Crippen LogP contribution in [-0.2, 0) is 0 Å². The van der Waals surface area contributed by atoms with Crippen molar-refractivity contribution in [3.05, 3.63) is 23.5 Å². The van der Waals surface area contributed by atoms with Crippen molar-refractivity contribution in [3.8, 4) is 0 Å². The monoisotopic (exact) mass is 278 g/mol. The van der Waals surface area contributed by atoms with E-state index in [1.165, 1.54) is 0 Å². The molecule has 0 fully saturated rings. The van der Waals surface area contributed by atoms with Gasteiger partial charge >= 0.3 is 0 Å². The molecule has 0 spiro atoms. The lowest BCUT2D eigenvalue weighted by atomic mass is 10.0. The second-order valence-corrected chi connectivity index (χ2v) is 5.07. The fourth-order valence-electron chi connectivity index (χ4n) is 1.76. The Hall–Kier alpha value is -1.33. The Morgan fingerprint density at radius 1 is 0.947 bits per heavy atom. The molecule has 19 heavy (non-hydrogen) atoms. The van der Waals surface area contributed by atoms with E-state index in [1.807, 2.05) is 0 Å². The van der Waals surface area contributed by atoms with E-state index in [9.17, 15) is 17.6 Å². The highest BCUT2D eigenvalue weighted by Gasteiger charge is 2.21. The average molecular weight is 278 g/mol. The fraction of sp³-hybridized carbons (Fsp3) is 0.615. The molecule has 108 valence electrons. The third-order valence-electron chi connectivity index (χ3n) is 2.81. The number of nitrogens with one attached hydrogen (secondary N) is 1. The maximum Gasteiger partial charge on any atom is 0.253 e. The minimum Gasteiger partial charge on any atom is -0.378 e. The number of pyridine rings is 1. The summed E-state index contributed by atoms with van der Waals surface area (Å²) in [6.07, 6.45) is 2.50. The first-order chi connectivity index (χ1) is 8.82. The van der Waals surface area contributed by atoms with Gasteiger partial charge in [0, 0.05) is 6.04 Å². The smallest absolute Gasteiger partial charge is 0.253 e. The number of hydrogen-bond acceptors (Lipinski definition) is 2. The summed E-state index contributed by atoms with van der Waals surface area (Å²) in [6.45, 7) is 5.85. The van der Waals surface area contributed by atoms with Crippen LogP contribution in [0.25, 0.3) is 0 Å². The highest BCUT2D eigenvalue weighted by molar-refractivity contribution is 5.46. The van der Waals surface area contributed by atoms with Crippen LogP contribution in [0.5, 0.6) is 0 Å². The van der Waals surface area contributed by atoms with Crippen LogP contribution < -0.4 is 5.32 Å². The van der Waals surface area contributed by atoms with Crippen molar-refractivity contribution in [2.24, 2.45) is 5.92 Å². The quantitative estimate of drug-likeness (QED) is 0.621. The third-order valence-corrected chi connectivity index (χ3v) is 2.81. The lowest BCUT2D eigenvalue weighted by molar-refractivity contribution is 0.409. The Bertz CT molecular complexity index is 409. The summed E-state index contributed by atoms with van der Waals surface area (Å²) >= 11 is 0. The van der Waals surface area contributed by atoms with Gasteiger partial charge in [-0.05, 0) is 19.3 Å². The first kappa shape index (κ1) is 15.7. The number of halogens is 4. The van der Waals surface area contributed by atoms with Crippen LogP contribution in [0.2, 0.25) is 0 Å². The van der Waals surface area contributed by atoms with Crippen molar-refractivity contribution in [2.45, 2.75) is 46.1 Å². The van der Waals surface area contributed by atoms with Gasteiger partial charge in [-0.15, -0.1) is 0 Å². The number of anilines is 1. The van der Waals surface area contributed by atoms with E-state index in [0.29, 0.717) is 12.3 Å². The number of nitrogens with zero attached hydrogens (tertiary/aromatic N) is 1. The van der Waals surface area contributed by atoms with Gasteiger partial charge in [-0.25, -0.2) is 0 Å². The third kappa shape index (κ3) is 4.36. The zero-order valence-corrected chi connectivity index (χ0v) is 11.2. The summed E-state index contributed by atoms with van der Waals surface area (Å²) in [4.78, 5) is 2.50. The Balaban J connectivity index is 2.71.